The predicted molar refractivity (Wildman–Crippen MR) is 91.8 cm³/mol. The highest BCUT2D eigenvalue weighted by atomic mass is 32.2. The second kappa shape index (κ2) is 7.19. The van der Waals surface area contributed by atoms with E-state index in [0.29, 0.717) is 0 Å². The van der Waals surface area contributed by atoms with Crippen LogP contribution in [0.2, 0.25) is 0 Å². The highest BCUT2D eigenvalue weighted by Gasteiger charge is 2.30. The summed E-state index contributed by atoms with van der Waals surface area (Å²) >= 11 is 0. The zero-order chi connectivity index (χ0) is 17.9. The lowest BCUT2D eigenvalue weighted by molar-refractivity contribution is 0.437. The summed E-state index contributed by atoms with van der Waals surface area (Å²) < 4.78 is 34.4. The first-order valence-corrected chi connectivity index (χ1v) is 9.22. The number of nitrogens with zero attached hydrogens (tertiary/aromatic N) is 1. The molecule has 6 nitrogen and oxygen atoms in total. The number of phenolic OH excluding ortho intramolecular Hbond substituents is 1. The Balaban J connectivity index is 2.68. The molecule has 2 aromatic rings. The Morgan fingerprint density at radius 1 is 1.25 bits per heavy atom. The Bertz CT molecular complexity index is 886. The first-order chi connectivity index (χ1) is 11.3. The fraction of sp³-hybridized carbons (Fsp3) is 0.353. The number of rotatable bonds is 6. The molecule has 1 heterocycles. The van der Waals surface area contributed by atoms with Gasteiger partial charge in [-0.2, -0.15) is 8.42 Å². The Hall–Kier alpha value is -2.12. The number of phenols is 1. The van der Waals surface area contributed by atoms with Gasteiger partial charge in [-0.3, -0.25) is 13.9 Å². The van der Waals surface area contributed by atoms with Crippen LogP contribution in [-0.2, 0) is 16.5 Å². The molecule has 24 heavy (non-hydrogen) atoms. The largest absolute Gasteiger partial charge is 0.508 e. The summed E-state index contributed by atoms with van der Waals surface area (Å²) in [5.74, 6) is -0.272. The lowest BCUT2D eigenvalue weighted by atomic mass is 9.99. The van der Waals surface area contributed by atoms with E-state index in [0.717, 1.165) is 35.0 Å². The highest BCUT2D eigenvalue weighted by molar-refractivity contribution is 7.86. The van der Waals surface area contributed by atoms with Crippen LogP contribution in [0.15, 0.2) is 41.3 Å². The average molecular weight is 351 g/mol. The molecule has 0 amide bonds. The maximum absolute atomic E-state index is 12.0. The Labute approximate surface area is 141 Å². The fourth-order valence-electron chi connectivity index (χ4n) is 2.68. The molecule has 0 aliphatic rings. The summed E-state index contributed by atoms with van der Waals surface area (Å²) in [6.45, 7) is 3.87. The number of hydrogen-bond donors (Lipinski definition) is 2. The van der Waals surface area contributed by atoms with Gasteiger partial charge in [0.05, 0.1) is 0 Å². The van der Waals surface area contributed by atoms with Crippen LogP contribution in [0.25, 0.3) is 0 Å². The van der Waals surface area contributed by atoms with Crippen molar-refractivity contribution in [3.63, 3.8) is 0 Å². The van der Waals surface area contributed by atoms with E-state index < -0.39 is 21.1 Å². The number of hydrogen-bond acceptors (Lipinski definition) is 4. The SMILES string of the molecule is CCCCc1cc(C(n2ccccc2=O)S(=O)(=O)O)c(O)cc1C. The van der Waals surface area contributed by atoms with Crippen LogP contribution in [0.4, 0.5) is 0 Å². The maximum atomic E-state index is 12.0. The molecule has 2 N–H and O–H groups in total. The van der Waals surface area contributed by atoms with Crippen molar-refractivity contribution >= 4 is 10.1 Å². The molecule has 0 spiro atoms. The molecule has 130 valence electrons. The summed E-state index contributed by atoms with van der Waals surface area (Å²) in [4.78, 5) is 12.0. The summed E-state index contributed by atoms with van der Waals surface area (Å²) in [5, 5.41) is 8.55. The summed E-state index contributed by atoms with van der Waals surface area (Å²) in [6, 6.07) is 7.18. The molecule has 1 aromatic carbocycles. The van der Waals surface area contributed by atoms with E-state index in [1.165, 1.54) is 30.5 Å². The van der Waals surface area contributed by atoms with Crippen LogP contribution >= 0.6 is 0 Å². The molecule has 1 aromatic heterocycles. The summed E-state index contributed by atoms with van der Waals surface area (Å²) in [6.07, 6.45) is 3.87. The zero-order valence-electron chi connectivity index (χ0n) is 13.6. The number of benzene rings is 1. The molecule has 1 unspecified atom stereocenters. The van der Waals surface area contributed by atoms with Crippen LogP contribution < -0.4 is 5.56 Å². The van der Waals surface area contributed by atoms with Gasteiger partial charge in [-0.15, -0.1) is 0 Å². The second-order valence-electron chi connectivity index (χ2n) is 5.75. The van der Waals surface area contributed by atoms with Crippen LogP contribution in [-0.4, -0.2) is 22.6 Å². The zero-order valence-corrected chi connectivity index (χ0v) is 14.5. The molecule has 0 saturated heterocycles. The molecule has 0 aliphatic carbocycles. The normalized spacial score (nSPS) is 13.0. The molecule has 2 rings (SSSR count). The average Bonchev–Trinajstić information content (AvgIpc) is 2.49. The minimum Gasteiger partial charge on any atom is -0.508 e. The predicted octanol–water partition coefficient (Wildman–Crippen LogP) is 2.64. The Morgan fingerprint density at radius 3 is 2.54 bits per heavy atom. The first-order valence-electron chi connectivity index (χ1n) is 7.71. The quantitative estimate of drug-likeness (QED) is 0.780. The summed E-state index contributed by atoms with van der Waals surface area (Å²) in [7, 11) is -4.66. The van der Waals surface area contributed by atoms with Gasteiger partial charge in [0, 0.05) is 17.8 Å². The molecular weight excluding hydrogens is 330 g/mol. The molecule has 7 heteroatoms. The number of aromatic hydroxyl groups is 1. The molecule has 0 fully saturated rings. The minimum absolute atomic E-state index is 0.0116. The van der Waals surface area contributed by atoms with Crippen LogP contribution in [0.5, 0.6) is 5.75 Å². The number of aryl methyl sites for hydroxylation is 2. The lowest BCUT2D eigenvalue weighted by Crippen LogP contribution is -2.29. The molecule has 0 aliphatic heterocycles. The first kappa shape index (κ1) is 18.2. The third-order valence-corrected chi connectivity index (χ3v) is 4.98. The van der Waals surface area contributed by atoms with E-state index >= 15 is 0 Å². The fourth-order valence-corrected chi connectivity index (χ4v) is 3.65. The lowest BCUT2D eigenvalue weighted by Gasteiger charge is -2.20. The number of pyridine rings is 1. The van der Waals surface area contributed by atoms with Crippen molar-refractivity contribution in [1.29, 1.82) is 0 Å². The molecule has 0 radical (unpaired) electrons. The van der Waals surface area contributed by atoms with Gasteiger partial charge in [-0.05, 0) is 49.1 Å². The second-order valence-corrected chi connectivity index (χ2v) is 7.23. The molecular formula is C17H21NO5S. The van der Waals surface area contributed by atoms with Crippen LogP contribution in [0.3, 0.4) is 0 Å². The smallest absolute Gasteiger partial charge is 0.291 e. The van der Waals surface area contributed by atoms with Crippen molar-refractivity contribution < 1.29 is 18.1 Å². The third kappa shape index (κ3) is 3.85. The topological polar surface area (TPSA) is 96.6 Å². The molecule has 0 bridgehead atoms. The molecule has 1 atom stereocenters. The maximum Gasteiger partial charge on any atom is 0.291 e. The summed E-state index contributed by atoms with van der Waals surface area (Å²) in [5.41, 5.74) is 1.11. The van der Waals surface area contributed by atoms with E-state index in [-0.39, 0.29) is 11.3 Å². The van der Waals surface area contributed by atoms with Crippen molar-refractivity contribution in [2.45, 2.75) is 38.5 Å². The van der Waals surface area contributed by atoms with E-state index in [4.69, 9.17) is 0 Å². The van der Waals surface area contributed by atoms with Crippen LogP contribution in [0.1, 0.15) is 41.8 Å². The van der Waals surface area contributed by atoms with Gasteiger partial charge >= 0.3 is 0 Å². The van der Waals surface area contributed by atoms with Crippen molar-refractivity contribution in [3.05, 3.63) is 63.6 Å². The van der Waals surface area contributed by atoms with Gasteiger partial charge in [0.1, 0.15) is 5.75 Å². The van der Waals surface area contributed by atoms with Gasteiger partial charge in [-0.1, -0.05) is 19.4 Å². The van der Waals surface area contributed by atoms with Crippen molar-refractivity contribution in [1.82, 2.24) is 4.57 Å². The van der Waals surface area contributed by atoms with Crippen LogP contribution in [0, 0.1) is 6.92 Å². The van der Waals surface area contributed by atoms with Gasteiger partial charge in [-0.25, -0.2) is 0 Å². The van der Waals surface area contributed by atoms with E-state index in [9.17, 15) is 22.9 Å². The van der Waals surface area contributed by atoms with E-state index in [1.807, 2.05) is 13.8 Å². The Kier molecular flexibility index (Phi) is 5.46. The Morgan fingerprint density at radius 2 is 1.96 bits per heavy atom. The third-order valence-electron chi connectivity index (χ3n) is 3.94. The van der Waals surface area contributed by atoms with Crippen molar-refractivity contribution in [2.24, 2.45) is 0 Å². The van der Waals surface area contributed by atoms with Crippen molar-refractivity contribution in [2.75, 3.05) is 0 Å². The van der Waals surface area contributed by atoms with E-state index in [1.54, 1.807) is 6.07 Å². The monoisotopic (exact) mass is 351 g/mol. The van der Waals surface area contributed by atoms with Gasteiger partial charge < -0.3 is 5.11 Å². The van der Waals surface area contributed by atoms with Crippen molar-refractivity contribution in [3.8, 4) is 5.75 Å². The molecule has 0 saturated carbocycles. The number of aromatic nitrogens is 1. The van der Waals surface area contributed by atoms with Gasteiger partial charge in [0.2, 0.25) is 0 Å². The van der Waals surface area contributed by atoms with Gasteiger partial charge in [0.25, 0.3) is 15.7 Å². The standard InChI is InChI=1S/C17H21NO5S/c1-3-4-7-13-11-14(15(19)10-12(13)2)17(24(21,22)23)18-9-6-5-8-16(18)20/h5-6,8-11,17,19H,3-4,7H2,1-2H3,(H,21,22,23). The number of unbranched alkanes of at least 4 members (excludes halogenated alkanes) is 1. The highest BCUT2D eigenvalue weighted by Crippen LogP contribution is 2.33. The minimum atomic E-state index is -4.66. The van der Waals surface area contributed by atoms with E-state index in [2.05, 4.69) is 0 Å². The van der Waals surface area contributed by atoms with Gasteiger partial charge in [0.15, 0.2) is 5.37 Å².